The minimum absolute atomic E-state index is 0.0524. The van der Waals surface area contributed by atoms with Gasteiger partial charge < -0.3 is 15.0 Å². The molecule has 0 bridgehead atoms. The third-order valence-corrected chi connectivity index (χ3v) is 3.42. The second-order valence-electron chi connectivity index (χ2n) is 4.75. The molecule has 1 aliphatic carbocycles. The third-order valence-electron chi connectivity index (χ3n) is 3.42. The van der Waals surface area contributed by atoms with Crippen molar-refractivity contribution in [3.63, 3.8) is 0 Å². The first-order valence-corrected chi connectivity index (χ1v) is 6.47. The Kier molecular flexibility index (Phi) is 4.23. The highest BCUT2D eigenvalue weighted by Crippen LogP contribution is 2.17. The molecule has 2 rings (SSSR count). The minimum Gasteiger partial charge on any atom is -0.448 e. The van der Waals surface area contributed by atoms with Crippen molar-refractivity contribution in [3.05, 3.63) is 0 Å². The smallest absolute Gasteiger partial charge is 0.409 e. The lowest BCUT2D eigenvalue weighted by atomic mass is 9.95. The molecule has 1 saturated carbocycles. The number of hydrogen-bond acceptors (Lipinski definition) is 3. The van der Waals surface area contributed by atoms with Gasteiger partial charge in [0.15, 0.2) is 0 Å². The lowest BCUT2D eigenvalue weighted by Gasteiger charge is -2.23. The molecule has 2 aliphatic rings. The minimum atomic E-state index is -0.296. The number of cyclic esters (lactones) is 1. The quantitative estimate of drug-likeness (QED) is 0.805. The molecular formula is C12H20N2O3. The van der Waals surface area contributed by atoms with Crippen LogP contribution >= 0.6 is 0 Å². The van der Waals surface area contributed by atoms with Crippen LogP contribution < -0.4 is 5.32 Å². The van der Waals surface area contributed by atoms with Crippen molar-refractivity contribution in [2.24, 2.45) is 0 Å². The van der Waals surface area contributed by atoms with Crippen molar-refractivity contribution in [1.82, 2.24) is 10.2 Å². The predicted molar refractivity (Wildman–Crippen MR) is 62.6 cm³/mol. The number of nitrogens with one attached hydrogen (secondary N) is 1. The predicted octanol–water partition coefficient (Wildman–Crippen LogP) is 1.28. The van der Waals surface area contributed by atoms with Crippen molar-refractivity contribution in [2.75, 3.05) is 19.7 Å². The summed E-state index contributed by atoms with van der Waals surface area (Å²) >= 11 is 0. The molecule has 0 unspecified atom stereocenters. The maximum atomic E-state index is 11.7. The van der Waals surface area contributed by atoms with Gasteiger partial charge in [0, 0.05) is 19.0 Å². The first-order valence-electron chi connectivity index (χ1n) is 6.47. The van der Waals surface area contributed by atoms with E-state index in [0.29, 0.717) is 32.2 Å². The molecule has 96 valence electrons. The van der Waals surface area contributed by atoms with Crippen molar-refractivity contribution < 1.29 is 14.3 Å². The number of hydrogen-bond donors (Lipinski definition) is 1. The lowest BCUT2D eigenvalue weighted by Crippen LogP contribution is -2.38. The van der Waals surface area contributed by atoms with Gasteiger partial charge in [-0.1, -0.05) is 19.3 Å². The Hall–Kier alpha value is -1.26. The second kappa shape index (κ2) is 5.89. The van der Waals surface area contributed by atoms with E-state index >= 15 is 0 Å². The van der Waals surface area contributed by atoms with Crippen molar-refractivity contribution in [1.29, 1.82) is 0 Å². The van der Waals surface area contributed by atoms with E-state index in [1.807, 2.05) is 0 Å². The van der Waals surface area contributed by atoms with Crippen LogP contribution in [-0.2, 0) is 9.53 Å². The van der Waals surface area contributed by atoms with Gasteiger partial charge in [-0.2, -0.15) is 0 Å². The highest BCUT2D eigenvalue weighted by molar-refractivity contribution is 5.77. The van der Waals surface area contributed by atoms with Gasteiger partial charge >= 0.3 is 6.09 Å². The summed E-state index contributed by atoms with van der Waals surface area (Å²) in [5, 5.41) is 3.04. The number of carbonyl (C=O) groups excluding carboxylic acids is 2. The average Bonchev–Trinajstić information content (AvgIpc) is 2.74. The van der Waals surface area contributed by atoms with Crippen LogP contribution in [0.4, 0.5) is 4.79 Å². The lowest BCUT2D eigenvalue weighted by molar-refractivity contribution is -0.122. The van der Waals surface area contributed by atoms with Crippen molar-refractivity contribution >= 4 is 12.0 Å². The summed E-state index contributed by atoms with van der Waals surface area (Å²) in [6.45, 7) is 1.52. The van der Waals surface area contributed by atoms with Gasteiger partial charge in [-0.05, 0) is 12.8 Å². The Balaban J connectivity index is 1.64. The van der Waals surface area contributed by atoms with E-state index in [1.54, 1.807) is 4.90 Å². The maximum Gasteiger partial charge on any atom is 0.409 e. The molecule has 5 heteroatoms. The summed E-state index contributed by atoms with van der Waals surface area (Å²) in [5.74, 6) is 0.0524. The Bertz CT molecular complexity index is 287. The summed E-state index contributed by atoms with van der Waals surface area (Å²) in [6.07, 6.45) is 5.98. The molecule has 5 nitrogen and oxygen atoms in total. The Morgan fingerprint density at radius 1 is 1.35 bits per heavy atom. The van der Waals surface area contributed by atoms with Crippen LogP contribution in [0, 0.1) is 0 Å². The number of amides is 2. The molecule has 0 atom stereocenters. The molecule has 0 aromatic rings. The molecule has 1 heterocycles. The molecule has 2 amide bonds. The normalized spacial score (nSPS) is 21.4. The van der Waals surface area contributed by atoms with Crippen LogP contribution in [0.2, 0.25) is 0 Å². The van der Waals surface area contributed by atoms with Gasteiger partial charge in [0.05, 0.1) is 6.54 Å². The number of ether oxygens (including phenoxy) is 1. The molecule has 1 N–H and O–H groups in total. The van der Waals surface area contributed by atoms with E-state index in [2.05, 4.69) is 5.32 Å². The largest absolute Gasteiger partial charge is 0.448 e. The molecular weight excluding hydrogens is 220 g/mol. The van der Waals surface area contributed by atoms with Crippen molar-refractivity contribution in [3.8, 4) is 0 Å². The Labute approximate surface area is 101 Å². The van der Waals surface area contributed by atoms with Gasteiger partial charge in [0.25, 0.3) is 0 Å². The summed E-state index contributed by atoms with van der Waals surface area (Å²) in [4.78, 5) is 24.4. The SMILES string of the molecule is O=C(CCN1CCOC1=O)NC1CCCCC1. The zero-order valence-corrected chi connectivity index (χ0v) is 10.1. The molecule has 0 aromatic heterocycles. The average molecular weight is 240 g/mol. The molecule has 1 aliphatic heterocycles. The summed E-state index contributed by atoms with van der Waals surface area (Å²) < 4.78 is 4.80. The van der Waals surface area contributed by atoms with E-state index in [4.69, 9.17) is 4.74 Å². The van der Waals surface area contributed by atoms with Gasteiger partial charge in [0.2, 0.25) is 5.91 Å². The first-order chi connectivity index (χ1) is 8.25. The monoisotopic (exact) mass is 240 g/mol. The molecule has 17 heavy (non-hydrogen) atoms. The van der Waals surface area contributed by atoms with Gasteiger partial charge in [-0.25, -0.2) is 4.79 Å². The van der Waals surface area contributed by atoms with Gasteiger partial charge in [-0.3, -0.25) is 4.79 Å². The zero-order valence-electron chi connectivity index (χ0n) is 10.1. The molecule has 1 saturated heterocycles. The highest BCUT2D eigenvalue weighted by Gasteiger charge is 2.22. The summed E-state index contributed by atoms with van der Waals surface area (Å²) in [7, 11) is 0. The molecule has 0 aromatic carbocycles. The number of rotatable bonds is 4. The van der Waals surface area contributed by atoms with E-state index in [-0.39, 0.29) is 12.0 Å². The van der Waals surface area contributed by atoms with Crippen LogP contribution in [0.3, 0.4) is 0 Å². The highest BCUT2D eigenvalue weighted by atomic mass is 16.6. The molecule has 0 spiro atoms. The fourth-order valence-corrected chi connectivity index (χ4v) is 2.41. The summed E-state index contributed by atoms with van der Waals surface area (Å²) in [5.41, 5.74) is 0. The standard InChI is InChI=1S/C12H20N2O3/c15-11(13-10-4-2-1-3-5-10)6-7-14-8-9-17-12(14)16/h10H,1-9H2,(H,13,15). The van der Waals surface area contributed by atoms with Crippen LogP contribution in [0.15, 0.2) is 0 Å². The van der Waals surface area contributed by atoms with Gasteiger partial charge in [-0.15, -0.1) is 0 Å². The first kappa shape index (κ1) is 12.2. The van der Waals surface area contributed by atoms with E-state index < -0.39 is 0 Å². The molecule has 0 radical (unpaired) electrons. The third kappa shape index (κ3) is 3.61. The van der Waals surface area contributed by atoms with Gasteiger partial charge in [0.1, 0.15) is 6.61 Å². The van der Waals surface area contributed by atoms with E-state index in [0.717, 1.165) is 12.8 Å². The van der Waals surface area contributed by atoms with Crippen LogP contribution in [0.1, 0.15) is 38.5 Å². The summed E-state index contributed by atoms with van der Waals surface area (Å²) in [6, 6.07) is 0.349. The molecule has 2 fully saturated rings. The fraction of sp³-hybridized carbons (Fsp3) is 0.833. The topological polar surface area (TPSA) is 58.6 Å². The second-order valence-corrected chi connectivity index (χ2v) is 4.75. The van der Waals surface area contributed by atoms with Crippen molar-refractivity contribution in [2.45, 2.75) is 44.6 Å². The Morgan fingerprint density at radius 3 is 2.76 bits per heavy atom. The number of nitrogens with zero attached hydrogens (tertiary/aromatic N) is 1. The van der Waals surface area contributed by atoms with Crippen LogP contribution in [-0.4, -0.2) is 42.6 Å². The van der Waals surface area contributed by atoms with E-state index in [9.17, 15) is 9.59 Å². The fourth-order valence-electron chi connectivity index (χ4n) is 2.41. The maximum absolute atomic E-state index is 11.7. The van der Waals surface area contributed by atoms with Crippen LogP contribution in [0.25, 0.3) is 0 Å². The van der Waals surface area contributed by atoms with Crippen LogP contribution in [0.5, 0.6) is 0 Å². The Morgan fingerprint density at radius 2 is 2.12 bits per heavy atom. The number of carbonyl (C=O) groups is 2. The van der Waals surface area contributed by atoms with E-state index in [1.165, 1.54) is 19.3 Å². The zero-order chi connectivity index (χ0) is 12.1.